The number of hydrogen-bond acceptors (Lipinski definition) is 5. The Morgan fingerprint density at radius 1 is 1.35 bits per heavy atom. The number of hydrogen-bond donors (Lipinski definition) is 0. The highest BCUT2D eigenvalue weighted by Crippen LogP contribution is 2.18. The Kier molecular flexibility index (Phi) is 4.83. The highest BCUT2D eigenvalue weighted by atomic mass is 32.1. The second-order valence-electron chi connectivity index (χ2n) is 5.47. The van der Waals surface area contributed by atoms with Crippen molar-refractivity contribution in [3.8, 4) is 0 Å². The van der Waals surface area contributed by atoms with E-state index < -0.39 is 0 Å². The molecule has 0 bridgehead atoms. The van der Waals surface area contributed by atoms with Gasteiger partial charge in [0.2, 0.25) is 0 Å². The van der Waals surface area contributed by atoms with Crippen LogP contribution in [0.2, 0.25) is 0 Å². The van der Waals surface area contributed by atoms with Crippen molar-refractivity contribution in [2.75, 3.05) is 19.8 Å². The molecule has 120 valence electrons. The minimum absolute atomic E-state index is 0.0216. The Balaban J connectivity index is 1.74. The summed E-state index contributed by atoms with van der Waals surface area (Å²) < 4.78 is 5.48. The van der Waals surface area contributed by atoms with Crippen molar-refractivity contribution >= 4 is 23.0 Å². The number of carbonyl (C=O) groups is 2. The van der Waals surface area contributed by atoms with Gasteiger partial charge in [-0.15, -0.1) is 11.3 Å². The number of Topliss-reactive ketones (excluding diaryl/α,β-unsaturated/α-hetero) is 1. The van der Waals surface area contributed by atoms with Gasteiger partial charge in [0.15, 0.2) is 5.78 Å². The van der Waals surface area contributed by atoms with Crippen LogP contribution in [0.3, 0.4) is 0 Å². The Morgan fingerprint density at radius 2 is 2.13 bits per heavy atom. The molecule has 3 rings (SSSR count). The molecular weight excluding hydrogens is 312 g/mol. The predicted molar refractivity (Wildman–Crippen MR) is 87.9 cm³/mol. The van der Waals surface area contributed by atoms with Gasteiger partial charge in [-0.2, -0.15) is 0 Å². The highest BCUT2D eigenvalue weighted by molar-refractivity contribution is 7.09. The average molecular weight is 330 g/mol. The number of rotatable bonds is 4. The summed E-state index contributed by atoms with van der Waals surface area (Å²) in [5.41, 5.74) is 1.11. The monoisotopic (exact) mass is 330 g/mol. The molecule has 5 nitrogen and oxygen atoms in total. The lowest BCUT2D eigenvalue weighted by atomic mass is 10.0. The molecule has 0 saturated carbocycles. The SMILES string of the molecule is Cc1nc(C(=O)N2CCOC[C@H]2CC(=O)c2ccccc2)cs1. The minimum atomic E-state index is -0.244. The number of ketones is 1. The summed E-state index contributed by atoms with van der Waals surface area (Å²) in [5.74, 6) is -0.100. The molecule has 0 unspecified atom stereocenters. The molecule has 0 radical (unpaired) electrons. The first-order valence-corrected chi connectivity index (χ1v) is 8.42. The third-order valence-electron chi connectivity index (χ3n) is 3.84. The van der Waals surface area contributed by atoms with Crippen molar-refractivity contribution in [1.82, 2.24) is 9.88 Å². The Labute approximate surface area is 138 Å². The lowest BCUT2D eigenvalue weighted by Crippen LogP contribution is -2.49. The van der Waals surface area contributed by atoms with Crippen LogP contribution in [0.4, 0.5) is 0 Å². The van der Waals surface area contributed by atoms with Crippen molar-refractivity contribution in [2.45, 2.75) is 19.4 Å². The molecule has 1 saturated heterocycles. The fourth-order valence-corrected chi connectivity index (χ4v) is 3.24. The van der Waals surface area contributed by atoms with Crippen LogP contribution in [0.25, 0.3) is 0 Å². The summed E-state index contributed by atoms with van der Waals surface area (Å²) in [4.78, 5) is 31.0. The number of carbonyl (C=O) groups excluding carboxylic acids is 2. The van der Waals surface area contributed by atoms with Crippen molar-refractivity contribution in [3.05, 3.63) is 52.0 Å². The summed E-state index contributed by atoms with van der Waals surface area (Å²) in [7, 11) is 0. The van der Waals surface area contributed by atoms with Crippen molar-refractivity contribution in [2.24, 2.45) is 0 Å². The molecule has 1 aliphatic rings. The second kappa shape index (κ2) is 7.02. The number of morpholine rings is 1. The quantitative estimate of drug-likeness (QED) is 0.809. The molecule has 1 atom stereocenters. The Hall–Kier alpha value is -2.05. The Morgan fingerprint density at radius 3 is 2.83 bits per heavy atom. The molecule has 1 aliphatic heterocycles. The molecule has 1 amide bonds. The molecule has 6 heteroatoms. The van der Waals surface area contributed by atoms with Crippen molar-refractivity contribution < 1.29 is 14.3 Å². The van der Waals surface area contributed by atoms with Gasteiger partial charge in [0, 0.05) is 23.9 Å². The number of amides is 1. The number of aromatic nitrogens is 1. The summed E-state index contributed by atoms with van der Waals surface area (Å²) in [6.07, 6.45) is 0.263. The molecular formula is C17H18N2O3S. The summed E-state index contributed by atoms with van der Waals surface area (Å²) in [6, 6.07) is 8.90. The van der Waals surface area contributed by atoms with E-state index in [9.17, 15) is 9.59 Å². The molecule has 2 aromatic rings. The molecule has 23 heavy (non-hydrogen) atoms. The first-order chi connectivity index (χ1) is 11.1. The number of nitrogens with zero attached hydrogens (tertiary/aromatic N) is 2. The summed E-state index contributed by atoms with van der Waals surface area (Å²) in [6.45, 7) is 3.23. The third kappa shape index (κ3) is 3.65. The van der Waals surface area contributed by atoms with Crippen molar-refractivity contribution in [1.29, 1.82) is 0 Å². The van der Waals surface area contributed by atoms with Crippen LogP contribution in [0.1, 0.15) is 32.3 Å². The van der Waals surface area contributed by atoms with Crippen LogP contribution < -0.4 is 0 Å². The Bertz CT molecular complexity index is 699. The molecule has 0 N–H and O–H groups in total. The smallest absolute Gasteiger partial charge is 0.273 e. The second-order valence-corrected chi connectivity index (χ2v) is 6.53. The first-order valence-electron chi connectivity index (χ1n) is 7.54. The van der Waals surface area contributed by atoms with E-state index in [0.29, 0.717) is 31.0 Å². The molecule has 0 spiro atoms. The van der Waals surface area contributed by atoms with Crippen LogP contribution in [0, 0.1) is 6.92 Å². The largest absolute Gasteiger partial charge is 0.377 e. The van der Waals surface area contributed by atoms with Gasteiger partial charge in [0.1, 0.15) is 5.69 Å². The zero-order valence-corrected chi connectivity index (χ0v) is 13.7. The van der Waals surface area contributed by atoms with Gasteiger partial charge in [-0.05, 0) is 6.92 Å². The number of thiazole rings is 1. The maximum Gasteiger partial charge on any atom is 0.273 e. The van der Waals surface area contributed by atoms with Crippen LogP contribution in [0.5, 0.6) is 0 Å². The van der Waals surface area contributed by atoms with E-state index in [1.165, 1.54) is 11.3 Å². The zero-order valence-electron chi connectivity index (χ0n) is 12.9. The van der Waals surface area contributed by atoms with Crippen molar-refractivity contribution in [3.63, 3.8) is 0 Å². The zero-order chi connectivity index (χ0) is 16.2. The van der Waals surface area contributed by atoms with E-state index in [0.717, 1.165) is 5.01 Å². The van der Waals surface area contributed by atoms with E-state index in [1.807, 2.05) is 25.1 Å². The van der Waals surface area contributed by atoms with Gasteiger partial charge in [0.05, 0.1) is 24.3 Å². The molecule has 0 aliphatic carbocycles. The predicted octanol–water partition coefficient (Wildman–Crippen LogP) is 2.57. The lowest BCUT2D eigenvalue weighted by molar-refractivity contribution is -0.00307. The van der Waals surface area contributed by atoms with Crippen LogP contribution in [-0.2, 0) is 4.74 Å². The van der Waals surface area contributed by atoms with Crippen LogP contribution in [0.15, 0.2) is 35.7 Å². The fraction of sp³-hybridized carbons (Fsp3) is 0.353. The molecule has 1 aromatic carbocycles. The van der Waals surface area contributed by atoms with Crippen LogP contribution >= 0.6 is 11.3 Å². The van der Waals surface area contributed by atoms with E-state index in [2.05, 4.69) is 4.98 Å². The summed E-state index contributed by atoms with van der Waals surface area (Å²) in [5, 5.41) is 2.63. The highest BCUT2D eigenvalue weighted by Gasteiger charge is 2.31. The molecule has 2 heterocycles. The normalized spacial score (nSPS) is 18.0. The van der Waals surface area contributed by atoms with E-state index in [1.54, 1.807) is 22.4 Å². The van der Waals surface area contributed by atoms with E-state index in [4.69, 9.17) is 4.74 Å². The third-order valence-corrected chi connectivity index (χ3v) is 4.62. The maximum atomic E-state index is 12.6. The minimum Gasteiger partial charge on any atom is -0.377 e. The maximum absolute atomic E-state index is 12.6. The number of aryl methyl sites for hydroxylation is 1. The van der Waals surface area contributed by atoms with E-state index >= 15 is 0 Å². The van der Waals surface area contributed by atoms with Gasteiger partial charge in [-0.25, -0.2) is 4.98 Å². The van der Waals surface area contributed by atoms with E-state index in [-0.39, 0.29) is 24.2 Å². The average Bonchev–Trinajstić information content (AvgIpc) is 3.02. The lowest BCUT2D eigenvalue weighted by Gasteiger charge is -2.35. The van der Waals surface area contributed by atoms with Gasteiger partial charge in [-0.1, -0.05) is 30.3 Å². The van der Waals surface area contributed by atoms with Crippen LogP contribution in [-0.4, -0.2) is 47.4 Å². The van der Waals surface area contributed by atoms with Gasteiger partial charge < -0.3 is 9.64 Å². The topological polar surface area (TPSA) is 59.5 Å². The molecule has 1 fully saturated rings. The number of benzene rings is 1. The fourth-order valence-electron chi connectivity index (χ4n) is 2.66. The van der Waals surface area contributed by atoms with Gasteiger partial charge >= 0.3 is 0 Å². The number of ether oxygens (including phenoxy) is 1. The van der Waals surface area contributed by atoms with Gasteiger partial charge in [-0.3, -0.25) is 9.59 Å². The summed E-state index contributed by atoms with van der Waals surface area (Å²) >= 11 is 1.45. The molecule has 1 aromatic heterocycles. The first kappa shape index (κ1) is 15.8. The standard InChI is InChI=1S/C17H18N2O3S/c1-12-18-15(11-23-12)17(21)19-7-8-22-10-14(19)9-16(20)13-5-3-2-4-6-13/h2-6,11,14H,7-10H2,1H3/t14-/m1/s1. The van der Waals surface area contributed by atoms with Gasteiger partial charge in [0.25, 0.3) is 5.91 Å².